The molecule has 0 spiro atoms. The average Bonchev–Trinajstić information content (AvgIpc) is 1.82. The van der Waals surface area contributed by atoms with Crippen LogP contribution in [0.15, 0.2) is 0 Å². The van der Waals surface area contributed by atoms with E-state index in [9.17, 15) is 4.79 Å². The summed E-state index contributed by atoms with van der Waals surface area (Å²) in [6.45, 7) is 1.16. The van der Waals surface area contributed by atoms with Gasteiger partial charge in [-0.3, -0.25) is 5.41 Å². The lowest BCUT2D eigenvalue weighted by Gasteiger charge is -2.12. The van der Waals surface area contributed by atoms with Crippen molar-refractivity contribution in [1.29, 1.82) is 5.41 Å². The highest BCUT2D eigenvalue weighted by molar-refractivity contribution is 5.74. The van der Waals surface area contributed by atoms with E-state index in [1.165, 1.54) is 0 Å². The molecule has 0 saturated heterocycles. The Morgan fingerprint density at radius 1 is 1.91 bits per heavy atom. The maximum Gasteiger partial charge on any atom is 0.329 e. The summed E-state index contributed by atoms with van der Waals surface area (Å²) in [5.41, 5.74) is 4.94. The molecule has 6 heteroatoms. The molecule has 0 fully saturated rings. The van der Waals surface area contributed by atoms with Gasteiger partial charge >= 0.3 is 5.97 Å². The molecule has 1 atom stereocenters. The molecule has 5 N–H and O–H groups in total. The molecule has 0 saturated carbocycles. The fourth-order valence-electron chi connectivity index (χ4n) is 0.457. The van der Waals surface area contributed by atoms with Gasteiger partial charge in [0.05, 0.1) is 0 Å². The van der Waals surface area contributed by atoms with Crippen molar-refractivity contribution in [2.45, 2.75) is 13.2 Å². The Labute approximate surface area is 63.8 Å². The molecule has 0 heterocycles. The minimum absolute atomic E-state index is 0.247. The second-order valence-electron chi connectivity index (χ2n) is 1.90. The van der Waals surface area contributed by atoms with Crippen LogP contribution in [-0.2, 0) is 9.53 Å². The number of rotatable bonds is 4. The van der Waals surface area contributed by atoms with Crippen LogP contribution in [0.1, 0.15) is 6.92 Å². The van der Waals surface area contributed by atoms with E-state index >= 15 is 0 Å². The van der Waals surface area contributed by atoms with Crippen LogP contribution >= 0.6 is 0 Å². The van der Waals surface area contributed by atoms with Gasteiger partial charge in [-0.05, 0) is 6.92 Å². The molecule has 0 amide bonds. The van der Waals surface area contributed by atoms with Gasteiger partial charge in [-0.25, -0.2) is 4.79 Å². The Balaban J connectivity index is 3.44. The predicted octanol–water partition coefficient (Wildman–Crippen LogP) is -1.08. The van der Waals surface area contributed by atoms with E-state index in [0.29, 0.717) is 0 Å². The largest absolute Gasteiger partial charge is 0.480 e. The number of carbonyl (C=O) groups is 1. The SMILES string of the molecule is CC(NC(=N)N)OCC(=O)O. The summed E-state index contributed by atoms with van der Waals surface area (Å²) in [5.74, 6) is -1.30. The summed E-state index contributed by atoms with van der Waals surface area (Å²) in [5, 5.41) is 17.3. The first-order chi connectivity index (χ1) is 5.02. The first-order valence-electron chi connectivity index (χ1n) is 2.96. The Kier molecular flexibility index (Phi) is 3.97. The lowest BCUT2D eigenvalue weighted by molar-refractivity contribution is -0.144. The highest BCUT2D eigenvalue weighted by atomic mass is 16.5. The predicted molar refractivity (Wildman–Crippen MR) is 38.1 cm³/mol. The minimum atomic E-state index is -1.05. The maximum atomic E-state index is 9.95. The Morgan fingerprint density at radius 3 is 2.82 bits per heavy atom. The molecule has 0 aromatic heterocycles. The zero-order valence-electron chi connectivity index (χ0n) is 6.13. The van der Waals surface area contributed by atoms with Crippen LogP contribution in [0.5, 0.6) is 0 Å². The molecule has 0 aliphatic heterocycles. The molecule has 0 rings (SSSR count). The van der Waals surface area contributed by atoms with E-state index in [4.69, 9.17) is 16.2 Å². The summed E-state index contributed by atoms with van der Waals surface area (Å²) in [6, 6.07) is 0. The molecule has 6 nitrogen and oxygen atoms in total. The van der Waals surface area contributed by atoms with Crippen molar-refractivity contribution in [3.63, 3.8) is 0 Å². The van der Waals surface area contributed by atoms with Crippen molar-refractivity contribution in [3.8, 4) is 0 Å². The van der Waals surface area contributed by atoms with Crippen molar-refractivity contribution in [2.75, 3.05) is 6.61 Å². The molecule has 11 heavy (non-hydrogen) atoms. The zero-order chi connectivity index (χ0) is 8.85. The van der Waals surface area contributed by atoms with Crippen molar-refractivity contribution < 1.29 is 14.6 Å². The molecule has 1 unspecified atom stereocenters. The fraction of sp³-hybridized carbons (Fsp3) is 0.600. The van der Waals surface area contributed by atoms with Gasteiger partial charge in [0.25, 0.3) is 0 Å². The smallest absolute Gasteiger partial charge is 0.329 e. The number of hydrogen-bond donors (Lipinski definition) is 4. The van der Waals surface area contributed by atoms with E-state index in [1.54, 1.807) is 6.92 Å². The Bertz CT molecular complexity index is 159. The van der Waals surface area contributed by atoms with E-state index in [2.05, 4.69) is 10.1 Å². The normalized spacial score (nSPS) is 12.1. The molecule has 0 aromatic rings. The van der Waals surface area contributed by atoms with Gasteiger partial charge in [0, 0.05) is 0 Å². The molecule has 0 radical (unpaired) electrons. The van der Waals surface area contributed by atoms with Crippen LogP contribution in [0.4, 0.5) is 0 Å². The number of hydrogen-bond acceptors (Lipinski definition) is 3. The number of carboxylic acids is 1. The number of ether oxygens (including phenoxy) is 1. The lowest BCUT2D eigenvalue weighted by Crippen LogP contribution is -2.39. The third-order valence-corrected chi connectivity index (χ3v) is 0.816. The van der Waals surface area contributed by atoms with Gasteiger partial charge in [-0.15, -0.1) is 0 Å². The third kappa shape index (κ3) is 6.59. The molecule has 0 aromatic carbocycles. The van der Waals surface area contributed by atoms with E-state index in [0.717, 1.165) is 0 Å². The van der Waals surface area contributed by atoms with Crippen LogP contribution < -0.4 is 11.1 Å². The molecule has 0 aliphatic carbocycles. The Hall–Kier alpha value is -1.30. The fourth-order valence-corrected chi connectivity index (χ4v) is 0.457. The van der Waals surface area contributed by atoms with Gasteiger partial charge in [0.1, 0.15) is 12.8 Å². The number of carboxylic acid groups (broad SMARTS) is 1. The van der Waals surface area contributed by atoms with Gasteiger partial charge < -0.3 is 20.9 Å². The molecule has 0 aliphatic rings. The van der Waals surface area contributed by atoms with Gasteiger partial charge in [0.15, 0.2) is 5.96 Å². The van der Waals surface area contributed by atoms with E-state index in [-0.39, 0.29) is 5.96 Å². The van der Waals surface area contributed by atoms with Gasteiger partial charge in [-0.2, -0.15) is 0 Å². The quantitative estimate of drug-likeness (QED) is 0.238. The summed E-state index contributed by atoms with van der Waals surface area (Å²) < 4.78 is 4.68. The van der Waals surface area contributed by atoms with Crippen molar-refractivity contribution in [2.24, 2.45) is 5.73 Å². The van der Waals surface area contributed by atoms with Crippen LogP contribution in [0.3, 0.4) is 0 Å². The second kappa shape index (κ2) is 4.51. The maximum absolute atomic E-state index is 9.95. The second-order valence-corrected chi connectivity index (χ2v) is 1.90. The van der Waals surface area contributed by atoms with Crippen molar-refractivity contribution in [1.82, 2.24) is 5.32 Å². The van der Waals surface area contributed by atoms with Crippen LogP contribution in [-0.4, -0.2) is 29.9 Å². The highest BCUT2D eigenvalue weighted by Gasteiger charge is 2.03. The summed E-state index contributed by atoms with van der Waals surface area (Å²) in [4.78, 5) is 9.95. The van der Waals surface area contributed by atoms with Crippen LogP contribution in [0, 0.1) is 5.41 Å². The summed E-state index contributed by atoms with van der Waals surface area (Å²) in [6.07, 6.45) is -0.552. The van der Waals surface area contributed by atoms with Crippen molar-refractivity contribution >= 4 is 11.9 Å². The number of guanidine groups is 1. The minimum Gasteiger partial charge on any atom is -0.480 e. The molecular weight excluding hydrogens is 150 g/mol. The first kappa shape index (κ1) is 9.70. The number of nitrogens with one attached hydrogen (secondary N) is 2. The molecular formula is C5H11N3O3. The molecule has 0 bridgehead atoms. The van der Waals surface area contributed by atoms with Crippen LogP contribution in [0.2, 0.25) is 0 Å². The van der Waals surface area contributed by atoms with E-state index in [1.807, 2.05) is 0 Å². The number of nitrogens with two attached hydrogens (primary N) is 1. The average molecular weight is 161 g/mol. The number of aliphatic carboxylic acids is 1. The summed E-state index contributed by atoms with van der Waals surface area (Å²) in [7, 11) is 0. The lowest BCUT2D eigenvalue weighted by atomic mass is 10.6. The molecule has 64 valence electrons. The third-order valence-electron chi connectivity index (χ3n) is 0.816. The van der Waals surface area contributed by atoms with Gasteiger partial charge in [0.2, 0.25) is 0 Å². The topological polar surface area (TPSA) is 108 Å². The zero-order valence-corrected chi connectivity index (χ0v) is 6.13. The monoisotopic (exact) mass is 161 g/mol. The first-order valence-corrected chi connectivity index (χ1v) is 2.96. The summed E-state index contributed by atoms with van der Waals surface area (Å²) >= 11 is 0. The van der Waals surface area contributed by atoms with Crippen LogP contribution in [0.25, 0.3) is 0 Å². The Morgan fingerprint density at radius 2 is 2.45 bits per heavy atom. The van der Waals surface area contributed by atoms with E-state index < -0.39 is 18.8 Å². The standard InChI is InChI=1S/C5H11N3O3/c1-3(8-5(6)7)11-2-4(9)10/h3H,2H2,1H3,(H,9,10)(H4,6,7,8). The van der Waals surface area contributed by atoms with Crippen molar-refractivity contribution in [3.05, 3.63) is 0 Å². The van der Waals surface area contributed by atoms with Gasteiger partial charge in [-0.1, -0.05) is 0 Å². The highest BCUT2D eigenvalue weighted by Crippen LogP contribution is 1.83.